The number of ether oxygens (including phenoxy) is 1. The lowest BCUT2D eigenvalue weighted by Gasteiger charge is -2.32. The van der Waals surface area contributed by atoms with Gasteiger partial charge in [0.15, 0.2) is 0 Å². The number of benzene rings is 2. The number of rotatable bonds is 5. The average molecular weight is 445 g/mol. The van der Waals surface area contributed by atoms with Crippen molar-refractivity contribution in [3.05, 3.63) is 65.4 Å². The first kappa shape index (κ1) is 21.4. The number of hydrogen-bond donors (Lipinski definition) is 1. The SMILES string of the molecule is COc1ccc(C(=O)N2CCN(C)CC2)cc1NC(=O)c1cc(C2CC2)nc2ccccc12. The molecule has 0 spiro atoms. The van der Waals surface area contributed by atoms with Crippen molar-refractivity contribution in [2.75, 3.05) is 45.7 Å². The van der Waals surface area contributed by atoms with Gasteiger partial charge in [-0.05, 0) is 50.2 Å². The van der Waals surface area contributed by atoms with Gasteiger partial charge in [-0.15, -0.1) is 0 Å². The second-order valence-electron chi connectivity index (χ2n) is 8.85. The summed E-state index contributed by atoms with van der Waals surface area (Å²) in [5, 5.41) is 3.80. The van der Waals surface area contributed by atoms with E-state index in [0.29, 0.717) is 41.6 Å². The first-order valence-electron chi connectivity index (χ1n) is 11.4. The Labute approximate surface area is 193 Å². The van der Waals surface area contributed by atoms with Crippen molar-refractivity contribution in [1.82, 2.24) is 14.8 Å². The minimum atomic E-state index is -0.238. The van der Waals surface area contributed by atoms with Gasteiger partial charge in [-0.1, -0.05) is 18.2 Å². The fourth-order valence-corrected chi connectivity index (χ4v) is 4.29. The van der Waals surface area contributed by atoms with E-state index in [2.05, 4.69) is 17.3 Å². The van der Waals surface area contributed by atoms with E-state index in [9.17, 15) is 9.59 Å². The average Bonchev–Trinajstić information content (AvgIpc) is 3.69. The highest BCUT2D eigenvalue weighted by Crippen LogP contribution is 2.40. The maximum absolute atomic E-state index is 13.4. The molecular formula is C26H28N4O3. The molecule has 5 rings (SSSR count). The summed E-state index contributed by atoms with van der Waals surface area (Å²) in [5.41, 5.74) is 3.38. The van der Waals surface area contributed by atoms with Crippen LogP contribution in [0.3, 0.4) is 0 Å². The number of nitrogens with one attached hydrogen (secondary N) is 1. The van der Waals surface area contributed by atoms with Crippen LogP contribution in [-0.2, 0) is 0 Å². The Morgan fingerprint density at radius 3 is 2.52 bits per heavy atom. The van der Waals surface area contributed by atoms with Crippen molar-refractivity contribution in [1.29, 1.82) is 0 Å². The van der Waals surface area contributed by atoms with Crippen LogP contribution in [0.5, 0.6) is 5.75 Å². The minimum absolute atomic E-state index is 0.0355. The van der Waals surface area contributed by atoms with Crippen molar-refractivity contribution in [3.63, 3.8) is 0 Å². The van der Waals surface area contributed by atoms with Crippen molar-refractivity contribution < 1.29 is 14.3 Å². The molecule has 2 aromatic carbocycles. The van der Waals surface area contributed by atoms with Gasteiger partial charge in [0, 0.05) is 48.7 Å². The molecule has 1 saturated heterocycles. The molecule has 1 aliphatic heterocycles. The van der Waals surface area contributed by atoms with Gasteiger partial charge in [-0.3, -0.25) is 14.6 Å². The summed E-state index contributed by atoms with van der Waals surface area (Å²) in [5.74, 6) is 0.670. The van der Waals surface area contributed by atoms with Crippen LogP contribution >= 0.6 is 0 Å². The Morgan fingerprint density at radius 2 is 1.79 bits per heavy atom. The number of anilines is 1. The predicted molar refractivity (Wildman–Crippen MR) is 128 cm³/mol. The third-order valence-electron chi connectivity index (χ3n) is 6.46. The van der Waals surface area contributed by atoms with Crippen molar-refractivity contribution in [2.45, 2.75) is 18.8 Å². The highest BCUT2D eigenvalue weighted by Gasteiger charge is 2.27. The molecule has 33 heavy (non-hydrogen) atoms. The molecule has 2 heterocycles. The zero-order valence-corrected chi connectivity index (χ0v) is 19.0. The van der Waals surface area contributed by atoms with Gasteiger partial charge in [0.2, 0.25) is 0 Å². The van der Waals surface area contributed by atoms with E-state index in [1.54, 1.807) is 25.3 Å². The standard InChI is InChI=1S/C26H28N4O3/c1-29-11-13-30(14-12-29)26(32)18-9-10-24(33-2)23(15-18)28-25(31)20-16-22(17-7-8-17)27-21-6-4-3-5-19(20)21/h3-6,9-10,15-17H,7-8,11-14H2,1-2H3,(H,28,31). The second-order valence-corrected chi connectivity index (χ2v) is 8.85. The smallest absolute Gasteiger partial charge is 0.256 e. The summed E-state index contributed by atoms with van der Waals surface area (Å²) in [6.07, 6.45) is 2.22. The molecule has 170 valence electrons. The number of carbonyl (C=O) groups excluding carboxylic acids is 2. The maximum Gasteiger partial charge on any atom is 0.256 e. The zero-order valence-electron chi connectivity index (χ0n) is 19.0. The quantitative estimate of drug-likeness (QED) is 0.649. The Hall–Kier alpha value is -3.45. The maximum atomic E-state index is 13.4. The molecule has 0 radical (unpaired) electrons. The molecule has 7 heteroatoms. The molecule has 7 nitrogen and oxygen atoms in total. The first-order valence-corrected chi connectivity index (χ1v) is 11.4. The normalized spacial score (nSPS) is 16.6. The Balaban J connectivity index is 1.45. The van der Waals surface area contributed by atoms with Gasteiger partial charge in [-0.2, -0.15) is 0 Å². The molecule has 1 N–H and O–H groups in total. The van der Waals surface area contributed by atoms with Crippen LogP contribution in [-0.4, -0.2) is 66.9 Å². The molecule has 1 saturated carbocycles. The molecule has 0 unspecified atom stereocenters. The largest absolute Gasteiger partial charge is 0.495 e. The van der Waals surface area contributed by atoms with Gasteiger partial charge in [0.1, 0.15) is 5.75 Å². The van der Waals surface area contributed by atoms with Crippen LogP contribution < -0.4 is 10.1 Å². The highest BCUT2D eigenvalue weighted by molar-refractivity contribution is 6.13. The van der Waals surface area contributed by atoms with Crippen molar-refractivity contribution >= 4 is 28.4 Å². The predicted octanol–water partition coefficient (Wildman–Crippen LogP) is 3.76. The number of methoxy groups -OCH3 is 1. The topological polar surface area (TPSA) is 74.8 Å². The summed E-state index contributed by atoms with van der Waals surface area (Å²) >= 11 is 0. The summed E-state index contributed by atoms with van der Waals surface area (Å²) in [4.78, 5) is 35.3. The van der Waals surface area contributed by atoms with Gasteiger partial charge in [0.05, 0.1) is 23.9 Å². The molecule has 2 amide bonds. The summed E-state index contributed by atoms with van der Waals surface area (Å²) in [7, 11) is 3.61. The minimum Gasteiger partial charge on any atom is -0.495 e. The zero-order chi connectivity index (χ0) is 22.9. The Kier molecular flexibility index (Phi) is 5.72. The molecule has 2 aliphatic rings. The summed E-state index contributed by atoms with van der Waals surface area (Å²) < 4.78 is 5.48. The lowest BCUT2D eigenvalue weighted by atomic mass is 10.0. The third-order valence-corrected chi connectivity index (χ3v) is 6.46. The Bertz CT molecular complexity index is 1210. The number of fused-ring (bicyclic) bond motifs is 1. The van der Waals surface area contributed by atoms with Crippen LogP contribution in [0, 0.1) is 0 Å². The summed E-state index contributed by atoms with van der Waals surface area (Å²) in [6, 6.07) is 14.8. The lowest BCUT2D eigenvalue weighted by molar-refractivity contribution is 0.0664. The number of amides is 2. The van der Waals surface area contributed by atoms with E-state index >= 15 is 0 Å². The van der Waals surface area contributed by atoms with Crippen LogP contribution in [0.4, 0.5) is 5.69 Å². The van der Waals surface area contributed by atoms with E-state index < -0.39 is 0 Å². The molecule has 3 aromatic rings. The molecule has 0 bridgehead atoms. The van der Waals surface area contributed by atoms with Crippen LogP contribution in [0.15, 0.2) is 48.5 Å². The van der Waals surface area contributed by atoms with E-state index in [1.807, 2.05) is 35.2 Å². The van der Waals surface area contributed by atoms with Crippen molar-refractivity contribution in [2.24, 2.45) is 0 Å². The number of hydrogen-bond acceptors (Lipinski definition) is 5. The molecule has 0 atom stereocenters. The van der Waals surface area contributed by atoms with E-state index in [-0.39, 0.29) is 11.8 Å². The first-order chi connectivity index (χ1) is 16.0. The van der Waals surface area contributed by atoms with E-state index in [4.69, 9.17) is 9.72 Å². The molecule has 1 aliphatic carbocycles. The van der Waals surface area contributed by atoms with Gasteiger partial charge in [0.25, 0.3) is 11.8 Å². The molecular weight excluding hydrogens is 416 g/mol. The van der Waals surface area contributed by atoms with Gasteiger partial charge >= 0.3 is 0 Å². The Morgan fingerprint density at radius 1 is 1.03 bits per heavy atom. The third kappa shape index (κ3) is 4.41. The van der Waals surface area contributed by atoms with E-state index in [0.717, 1.165) is 42.5 Å². The van der Waals surface area contributed by atoms with Crippen LogP contribution in [0.2, 0.25) is 0 Å². The fraction of sp³-hybridized carbons (Fsp3) is 0.346. The van der Waals surface area contributed by atoms with Crippen molar-refractivity contribution in [3.8, 4) is 5.75 Å². The van der Waals surface area contributed by atoms with Crippen LogP contribution in [0.1, 0.15) is 45.2 Å². The second kappa shape index (κ2) is 8.83. The molecule has 2 fully saturated rings. The number of para-hydroxylation sites is 1. The number of aromatic nitrogens is 1. The van der Waals surface area contributed by atoms with Gasteiger partial charge < -0.3 is 19.9 Å². The summed E-state index contributed by atoms with van der Waals surface area (Å²) in [6.45, 7) is 3.08. The lowest BCUT2D eigenvalue weighted by Crippen LogP contribution is -2.47. The number of piperazine rings is 1. The number of carbonyl (C=O) groups is 2. The van der Waals surface area contributed by atoms with Crippen LogP contribution in [0.25, 0.3) is 10.9 Å². The van der Waals surface area contributed by atoms with Gasteiger partial charge in [-0.25, -0.2) is 0 Å². The highest BCUT2D eigenvalue weighted by atomic mass is 16.5. The number of pyridine rings is 1. The number of nitrogens with zero attached hydrogens (tertiary/aromatic N) is 3. The number of likely N-dealkylation sites (N-methyl/N-ethyl adjacent to an activating group) is 1. The van der Waals surface area contributed by atoms with E-state index in [1.165, 1.54) is 0 Å². The molecule has 1 aromatic heterocycles. The fourth-order valence-electron chi connectivity index (χ4n) is 4.29. The monoisotopic (exact) mass is 444 g/mol.